The first-order chi connectivity index (χ1) is 9.53. The van der Waals surface area contributed by atoms with E-state index in [0.29, 0.717) is 5.92 Å². The van der Waals surface area contributed by atoms with Gasteiger partial charge in [-0.2, -0.15) is 5.10 Å². The van der Waals surface area contributed by atoms with Gasteiger partial charge in [-0.1, -0.05) is 26.7 Å². The van der Waals surface area contributed by atoms with Gasteiger partial charge >= 0.3 is 0 Å². The lowest BCUT2D eigenvalue weighted by Gasteiger charge is -2.16. The molecule has 0 radical (unpaired) electrons. The highest BCUT2D eigenvalue weighted by Gasteiger charge is 2.10. The first kappa shape index (κ1) is 16.5. The van der Waals surface area contributed by atoms with E-state index in [1.807, 2.05) is 25.7 Å². The van der Waals surface area contributed by atoms with Gasteiger partial charge in [0.05, 0.1) is 5.69 Å². The van der Waals surface area contributed by atoms with E-state index in [1.165, 1.54) is 24.1 Å². The molecule has 0 atom stereocenters. The van der Waals surface area contributed by atoms with Gasteiger partial charge in [-0.15, -0.1) is 0 Å². The van der Waals surface area contributed by atoms with E-state index in [4.69, 9.17) is 0 Å². The molecule has 20 heavy (non-hydrogen) atoms. The van der Waals surface area contributed by atoms with Crippen LogP contribution in [0.25, 0.3) is 0 Å². The minimum Gasteiger partial charge on any atom is -0.356 e. The molecule has 0 aliphatic carbocycles. The smallest absolute Gasteiger partial charge is 0.191 e. The minimum absolute atomic E-state index is 0.704. The lowest BCUT2D eigenvalue weighted by Crippen LogP contribution is -2.39. The van der Waals surface area contributed by atoms with Gasteiger partial charge in [-0.25, -0.2) is 0 Å². The topological polar surface area (TPSA) is 54.2 Å². The van der Waals surface area contributed by atoms with Crippen LogP contribution in [0.15, 0.2) is 4.99 Å². The van der Waals surface area contributed by atoms with Gasteiger partial charge in [-0.05, 0) is 19.8 Å². The average Bonchev–Trinajstić information content (AvgIpc) is 2.68. The molecule has 0 aromatic carbocycles. The predicted molar refractivity (Wildman–Crippen MR) is 85.0 cm³/mol. The molecule has 5 nitrogen and oxygen atoms in total. The van der Waals surface area contributed by atoms with Crippen LogP contribution in [0, 0.1) is 19.8 Å². The van der Waals surface area contributed by atoms with E-state index in [0.717, 1.165) is 24.7 Å². The van der Waals surface area contributed by atoms with Crippen LogP contribution in [-0.4, -0.2) is 29.3 Å². The molecule has 1 aromatic rings. The van der Waals surface area contributed by atoms with Crippen LogP contribution in [0.4, 0.5) is 0 Å². The molecule has 0 saturated carbocycles. The fourth-order valence-electron chi connectivity index (χ4n) is 2.28. The lowest BCUT2D eigenvalue weighted by atomic mass is 10.0. The molecule has 0 spiro atoms. The molecule has 0 amide bonds. The Morgan fingerprint density at radius 1 is 1.25 bits per heavy atom. The Balaban J connectivity index is 2.54. The maximum Gasteiger partial charge on any atom is 0.191 e. The van der Waals surface area contributed by atoms with Crippen molar-refractivity contribution in [1.29, 1.82) is 0 Å². The van der Waals surface area contributed by atoms with Crippen molar-refractivity contribution >= 4 is 5.96 Å². The third-order valence-electron chi connectivity index (χ3n) is 4.03. The van der Waals surface area contributed by atoms with E-state index in [9.17, 15) is 0 Å². The molecule has 5 heteroatoms. The second kappa shape index (κ2) is 7.92. The largest absolute Gasteiger partial charge is 0.356 e. The van der Waals surface area contributed by atoms with Crippen LogP contribution in [0.1, 0.15) is 43.6 Å². The van der Waals surface area contributed by atoms with Crippen molar-refractivity contribution in [3.8, 4) is 0 Å². The summed E-state index contributed by atoms with van der Waals surface area (Å²) >= 11 is 0. The van der Waals surface area contributed by atoms with E-state index in [2.05, 4.69) is 41.5 Å². The number of nitrogens with one attached hydrogen (secondary N) is 2. The van der Waals surface area contributed by atoms with Crippen molar-refractivity contribution in [2.45, 2.75) is 47.1 Å². The second-order valence-corrected chi connectivity index (χ2v) is 5.26. The fraction of sp³-hybridized carbons (Fsp3) is 0.733. The molecule has 0 fully saturated rings. The van der Waals surface area contributed by atoms with Crippen LogP contribution in [-0.2, 0) is 13.6 Å². The number of nitrogens with zero attached hydrogens (tertiary/aromatic N) is 3. The van der Waals surface area contributed by atoms with Gasteiger partial charge in [0, 0.05) is 38.4 Å². The first-order valence-electron chi connectivity index (χ1n) is 7.46. The summed E-state index contributed by atoms with van der Waals surface area (Å²) in [7, 11) is 3.79. The highest BCUT2D eigenvalue weighted by Crippen LogP contribution is 2.11. The molecule has 1 rings (SSSR count). The van der Waals surface area contributed by atoms with Crippen molar-refractivity contribution in [3.63, 3.8) is 0 Å². The molecule has 2 N–H and O–H groups in total. The fourth-order valence-corrected chi connectivity index (χ4v) is 2.28. The molecule has 0 aliphatic heterocycles. The zero-order valence-corrected chi connectivity index (χ0v) is 13.7. The van der Waals surface area contributed by atoms with Crippen LogP contribution in [0.5, 0.6) is 0 Å². The number of aliphatic imine (C=N–C) groups is 1. The van der Waals surface area contributed by atoms with Crippen LogP contribution < -0.4 is 10.6 Å². The number of rotatable bonds is 6. The molecule has 0 saturated heterocycles. The van der Waals surface area contributed by atoms with E-state index in [1.54, 1.807) is 0 Å². The third-order valence-corrected chi connectivity index (χ3v) is 4.03. The molecule has 114 valence electrons. The van der Waals surface area contributed by atoms with Crippen molar-refractivity contribution in [3.05, 3.63) is 17.0 Å². The van der Waals surface area contributed by atoms with Crippen LogP contribution >= 0.6 is 0 Å². The molecule has 0 unspecified atom stereocenters. The predicted octanol–water partition coefficient (Wildman–Crippen LogP) is 2.14. The van der Waals surface area contributed by atoms with Gasteiger partial charge in [-0.3, -0.25) is 9.67 Å². The van der Waals surface area contributed by atoms with Crippen LogP contribution in [0.3, 0.4) is 0 Å². The van der Waals surface area contributed by atoms with Crippen molar-refractivity contribution in [2.75, 3.05) is 13.6 Å². The maximum atomic E-state index is 4.43. The molecule has 0 bridgehead atoms. The van der Waals surface area contributed by atoms with Gasteiger partial charge in [0.1, 0.15) is 0 Å². The normalized spacial score (nSPS) is 12.1. The summed E-state index contributed by atoms with van der Waals surface area (Å²) in [4.78, 5) is 4.28. The quantitative estimate of drug-likeness (QED) is 0.619. The highest BCUT2D eigenvalue weighted by molar-refractivity contribution is 5.79. The Morgan fingerprint density at radius 2 is 1.90 bits per heavy atom. The molecular formula is C15H29N5. The Kier molecular flexibility index (Phi) is 6.55. The molecule has 1 heterocycles. The Labute approximate surface area is 122 Å². The molecular weight excluding hydrogens is 250 g/mol. The van der Waals surface area contributed by atoms with Crippen LogP contribution in [0.2, 0.25) is 0 Å². The summed E-state index contributed by atoms with van der Waals surface area (Å²) in [5.41, 5.74) is 3.52. The number of hydrogen-bond acceptors (Lipinski definition) is 2. The van der Waals surface area contributed by atoms with Gasteiger partial charge in [0.15, 0.2) is 5.96 Å². The molecule has 1 aromatic heterocycles. The van der Waals surface area contributed by atoms with E-state index in [-0.39, 0.29) is 0 Å². The zero-order valence-electron chi connectivity index (χ0n) is 13.7. The summed E-state index contributed by atoms with van der Waals surface area (Å²) in [5.74, 6) is 1.56. The van der Waals surface area contributed by atoms with Gasteiger partial charge < -0.3 is 10.6 Å². The maximum absolute atomic E-state index is 4.43. The minimum atomic E-state index is 0.704. The monoisotopic (exact) mass is 279 g/mol. The molecule has 0 aliphatic rings. The first-order valence-corrected chi connectivity index (χ1v) is 7.46. The highest BCUT2D eigenvalue weighted by atomic mass is 15.3. The van der Waals surface area contributed by atoms with Gasteiger partial charge in [0.2, 0.25) is 0 Å². The van der Waals surface area contributed by atoms with E-state index < -0.39 is 0 Å². The number of hydrogen-bond donors (Lipinski definition) is 2. The summed E-state index contributed by atoms with van der Waals surface area (Å²) in [6.45, 7) is 10.3. The summed E-state index contributed by atoms with van der Waals surface area (Å²) in [6.07, 6.45) is 2.39. The number of aryl methyl sites for hydroxylation is 2. The van der Waals surface area contributed by atoms with Gasteiger partial charge in [0.25, 0.3) is 0 Å². The van der Waals surface area contributed by atoms with Crippen molar-refractivity contribution in [1.82, 2.24) is 20.4 Å². The summed E-state index contributed by atoms with van der Waals surface area (Å²) < 4.78 is 1.92. The average molecular weight is 279 g/mol. The Bertz CT molecular complexity index is 443. The van der Waals surface area contributed by atoms with Crippen molar-refractivity contribution in [2.24, 2.45) is 18.0 Å². The standard InChI is InChI=1S/C15H29N5/c1-7-13(8-2)9-17-15(16-5)18-10-14-11(3)19-20(6)12(14)4/h13H,7-10H2,1-6H3,(H2,16,17,18). The number of guanidine groups is 1. The van der Waals surface area contributed by atoms with Crippen molar-refractivity contribution < 1.29 is 0 Å². The second-order valence-electron chi connectivity index (χ2n) is 5.26. The number of aromatic nitrogens is 2. The Morgan fingerprint density at radius 3 is 2.35 bits per heavy atom. The summed E-state index contributed by atoms with van der Waals surface area (Å²) in [6, 6.07) is 0. The summed E-state index contributed by atoms with van der Waals surface area (Å²) in [5, 5.41) is 11.2. The zero-order chi connectivity index (χ0) is 15.1. The SMILES string of the molecule is CCC(CC)CNC(=NC)NCc1c(C)nn(C)c1C. The van der Waals surface area contributed by atoms with E-state index >= 15 is 0 Å². The lowest BCUT2D eigenvalue weighted by molar-refractivity contribution is 0.481. The Hall–Kier alpha value is -1.52. The third kappa shape index (κ3) is 4.25.